The molecule has 1 fully saturated rings. The molecule has 0 saturated carbocycles. The van der Waals surface area contributed by atoms with Crippen LogP contribution in [-0.4, -0.2) is 37.1 Å². The van der Waals surface area contributed by atoms with Crippen molar-refractivity contribution in [2.24, 2.45) is 0 Å². The lowest BCUT2D eigenvalue weighted by atomic mass is 10.1. The van der Waals surface area contributed by atoms with Gasteiger partial charge in [-0.3, -0.25) is 4.90 Å². The molecule has 0 aromatic heterocycles. The summed E-state index contributed by atoms with van der Waals surface area (Å²) in [5, 5.41) is 0. The summed E-state index contributed by atoms with van der Waals surface area (Å²) in [5.74, 6) is -1.66. The van der Waals surface area contributed by atoms with Gasteiger partial charge in [-0.1, -0.05) is 6.07 Å². The number of nitrogens with zero attached hydrogens (tertiary/aromatic N) is 1. The summed E-state index contributed by atoms with van der Waals surface area (Å²) >= 11 is 2.23. The smallest absolute Gasteiger partial charge is 0.260 e. The summed E-state index contributed by atoms with van der Waals surface area (Å²) in [6.07, 6.45) is 1.40. The molecule has 2 rings (SSSR count). The number of alkyl halides is 2. The van der Waals surface area contributed by atoms with Gasteiger partial charge in [-0.2, -0.15) is 0 Å². The van der Waals surface area contributed by atoms with Crippen LogP contribution in [0.4, 0.5) is 8.78 Å². The molecular formula is C14H18F2INO. The van der Waals surface area contributed by atoms with Gasteiger partial charge in [0.05, 0.1) is 13.2 Å². The van der Waals surface area contributed by atoms with E-state index in [4.69, 9.17) is 4.74 Å². The fourth-order valence-electron chi connectivity index (χ4n) is 2.27. The van der Waals surface area contributed by atoms with Crippen molar-refractivity contribution < 1.29 is 13.5 Å². The summed E-state index contributed by atoms with van der Waals surface area (Å²) in [6.45, 7) is 1.93. The van der Waals surface area contributed by atoms with Crippen LogP contribution in [0.1, 0.15) is 19.3 Å². The monoisotopic (exact) mass is 381 g/mol. The van der Waals surface area contributed by atoms with Gasteiger partial charge in [0.1, 0.15) is 5.75 Å². The minimum absolute atomic E-state index is 0.0302. The van der Waals surface area contributed by atoms with E-state index in [1.54, 1.807) is 0 Å². The molecule has 0 amide bonds. The fraction of sp³-hybridized carbons (Fsp3) is 0.571. The second kappa shape index (κ2) is 6.83. The molecule has 0 radical (unpaired) electrons. The maximum atomic E-state index is 13.2. The summed E-state index contributed by atoms with van der Waals surface area (Å²) in [6, 6.07) is 7.83. The van der Waals surface area contributed by atoms with Gasteiger partial charge in [-0.05, 0) is 60.2 Å². The summed E-state index contributed by atoms with van der Waals surface area (Å²) in [7, 11) is 0. The molecule has 0 bridgehead atoms. The third-order valence-electron chi connectivity index (χ3n) is 3.16. The number of rotatable bonds is 5. The number of benzene rings is 1. The van der Waals surface area contributed by atoms with Crippen LogP contribution in [0.25, 0.3) is 0 Å². The molecule has 0 N–H and O–H groups in total. The van der Waals surface area contributed by atoms with Gasteiger partial charge < -0.3 is 4.74 Å². The van der Waals surface area contributed by atoms with Gasteiger partial charge in [0.2, 0.25) is 0 Å². The van der Waals surface area contributed by atoms with E-state index in [1.807, 2.05) is 29.2 Å². The molecule has 1 heterocycles. The van der Waals surface area contributed by atoms with Gasteiger partial charge in [0, 0.05) is 16.5 Å². The maximum Gasteiger partial charge on any atom is 0.260 e. The third kappa shape index (κ3) is 5.22. The fourth-order valence-corrected chi connectivity index (χ4v) is 2.79. The topological polar surface area (TPSA) is 12.5 Å². The Balaban J connectivity index is 1.67. The van der Waals surface area contributed by atoms with Crippen molar-refractivity contribution in [3.05, 3.63) is 27.8 Å². The number of hydrogen-bond acceptors (Lipinski definition) is 2. The Morgan fingerprint density at radius 2 is 2.21 bits per heavy atom. The Labute approximate surface area is 126 Å². The van der Waals surface area contributed by atoms with Gasteiger partial charge in [-0.25, -0.2) is 8.78 Å². The van der Waals surface area contributed by atoms with E-state index < -0.39 is 5.92 Å². The Morgan fingerprint density at radius 1 is 1.37 bits per heavy atom. The van der Waals surface area contributed by atoms with Crippen molar-refractivity contribution in [2.75, 3.05) is 26.2 Å². The molecule has 5 heteroatoms. The molecule has 1 aromatic carbocycles. The van der Waals surface area contributed by atoms with Gasteiger partial charge in [0.15, 0.2) is 0 Å². The number of hydrogen-bond donors (Lipinski definition) is 0. The molecule has 0 spiro atoms. The van der Waals surface area contributed by atoms with E-state index in [0.717, 1.165) is 22.3 Å². The standard InChI is InChI=1S/C14H18F2INO/c15-14(16)6-2-7-18(11-14)8-3-9-19-13-5-1-4-12(17)10-13/h1,4-5,10H,2-3,6-9,11H2. The van der Waals surface area contributed by atoms with Gasteiger partial charge in [0.25, 0.3) is 5.92 Å². The Bertz CT molecular complexity index is 414. The van der Waals surface area contributed by atoms with Crippen LogP contribution in [0, 0.1) is 3.57 Å². The zero-order valence-electron chi connectivity index (χ0n) is 10.7. The Kier molecular flexibility index (Phi) is 5.38. The van der Waals surface area contributed by atoms with Crippen LogP contribution in [0.15, 0.2) is 24.3 Å². The minimum atomic E-state index is -2.51. The van der Waals surface area contributed by atoms with E-state index >= 15 is 0 Å². The molecule has 19 heavy (non-hydrogen) atoms. The van der Waals surface area contributed by atoms with Gasteiger partial charge in [-0.15, -0.1) is 0 Å². The van der Waals surface area contributed by atoms with Crippen LogP contribution >= 0.6 is 22.6 Å². The minimum Gasteiger partial charge on any atom is -0.494 e. The first-order valence-corrected chi connectivity index (χ1v) is 7.62. The van der Waals surface area contributed by atoms with E-state index in [2.05, 4.69) is 22.6 Å². The van der Waals surface area contributed by atoms with E-state index in [9.17, 15) is 8.78 Å². The highest BCUT2D eigenvalue weighted by Crippen LogP contribution is 2.26. The molecule has 106 valence electrons. The lowest BCUT2D eigenvalue weighted by Crippen LogP contribution is -2.43. The SMILES string of the molecule is FC1(F)CCCN(CCCOc2cccc(I)c2)C1. The van der Waals surface area contributed by atoms with Crippen molar-refractivity contribution in [1.29, 1.82) is 0 Å². The van der Waals surface area contributed by atoms with E-state index in [1.165, 1.54) is 0 Å². The van der Waals surface area contributed by atoms with E-state index in [0.29, 0.717) is 19.6 Å². The lowest BCUT2D eigenvalue weighted by Gasteiger charge is -2.32. The largest absolute Gasteiger partial charge is 0.494 e. The summed E-state index contributed by atoms with van der Waals surface area (Å²) in [4.78, 5) is 1.83. The van der Waals surface area contributed by atoms with Crippen molar-refractivity contribution in [1.82, 2.24) is 4.90 Å². The van der Waals surface area contributed by atoms with Crippen LogP contribution < -0.4 is 4.74 Å². The average Bonchev–Trinajstić information content (AvgIpc) is 2.34. The van der Waals surface area contributed by atoms with Crippen LogP contribution in [0.2, 0.25) is 0 Å². The maximum absolute atomic E-state index is 13.2. The van der Waals surface area contributed by atoms with Crippen LogP contribution in [0.3, 0.4) is 0 Å². The molecule has 0 atom stereocenters. The highest BCUT2D eigenvalue weighted by atomic mass is 127. The molecule has 0 aliphatic carbocycles. The van der Waals surface area contributed by atoms with Crippen molar-refractivity contribution >= 4 is 22.6 Å². The molecule has 0 unspecified atom stereocenters. The summed E-state index contributed by atoms with van der Waals surface area (Å²) < 4.78 is 33.1. The molecule has 1 aliphatic heterocycles. The predicted octanol–water partition coefficient (Wildman–Crippen LogP) is 3.79. The number of likely N-dealkylation sites (tertiary alicyclic amines) is 1. The number of piperidine rings is 1. The predicted molar refractivity (Wildman–Crippen MR) is 79.9 cm³/mol. The highest BCUT2D eigenvalue weighted by Gasteiger charge is 2.34. The molecule has 1 aliphatic rings. The quantitative estimate of drug-likeness (QED) is 0.569. The zero-order chi connectivity index (χ0) is 13.7. The Hall–Kier alpha value is -0.430. The average molecular weight is 381 g/mol. The summed E-state index contributed by atoms with van der Waals surface area (Å²) in [5.41, 5.74) is 0. The molecule has 2 nitrogen and oxygen atoms in total. The second-order valence-corrected chi connectivity index (χ2v) is 6.14. The van der Waals surface area contributed by atoms with E-state index in [-0.39, 0.29) is 13.0 Å². The first kappa shape index (κ1) is 15.0. The Morgan fingerprint density at radius 3 is 2.95 bits per heavy atom. The van der Waals surface area contributed by atoms with Crippen molar-refractivity contribution in [3.8, 4) is 5.75 Å². The second-order valence-electron chi connectivity index (χ2n) is 4.90. The zero-order valence-corrected chi connectivity index (χ0v) is 12.9. The first-order valence-electron chi connectivity index (χ1n) is 6.54. The van der Waals surface area contributed by atoms with Gasteiger partial charge >= 0.3 is 0 Å². The van der Waals surface area contributed by atoms with Crippen LogP contribution in [-0.2, 0) is 0 Å². The molecular weight excluding hydrogens is 363 g/mol. The highest BCUT2D eigenvalue weighted by molar-refractivity contribution is 14.1. The third-order valence-corrected chi connectivity index (χ3v) is 3.83. The lowest BCUT2D eigenvalue weighted by molar-refractivity contribution is -0.0644. The molecule has 1 aromatic rings. The number of halogens is 3. The molecule has 1 saturated heterocycles. The first-order chi connectivity index (χ1) is 9.05. The number of ether oxygens (including phenoxy) is 1. The van der Waals surface area contributed by atoms with Crippen molar-refractivity contribution in [2.45, 2.75) is 25.2 Å². The van der Waals surface area contributed by atoms with Crippen LogP contribution in [0.5, 0.6) is 5.75 Å². The van der Waals surface area contributed by atoms with Crippen molar-refractivity contribution in [3.63, 3.8) is 0 Å². The normalized spacial score (nSPS) is 19.3.